The average Bonchev–Trinajstić information content (AvgIpc) is 3.50. The van der Waals surface area contributed by atoms with Crippen LogP contribution in [0.4, 0.5) is 5.13 Å². The molecule has 4 atom stereocenters. The van der Waals surface area contributed by atoms with E-state index in [1.165, 1.54) is 11.5 Å². The number of hydrogen-bond donors (Lipinski definition) is 2. The molecule has 0 aliphatic carbocycles. The van der Waals surface area contributed by atoms with Crippen LogP contribution in [0.3, 0.4) is 0 Å². The van der Waals surface area contributed by atoms with Gasteiger partial charge in [0.1, 0.15) is 18.3 Å². The van der Waals surface area contributed by atoms with E-state index in [1.54, 1.807) is 12.4 Å². The molecule has 4 rings (SSSR count). The fourth-order valence-electron chi connectivity index (χ4n) is 4.10. The Labute approximate surface area is 221 Å². The fraction of sp³-hybridized carbons (Fsp3) is 0.708. The summed E-state index contributed by atoms with van der Waals surface area (Å²) in [6.07, 6.45) is 2.71. The molecule has 0 unspecified atom stereocenters. The van der Waals surface area contributed by atoms with Crippen LogP contribution in [0.25, 0.3) is 11.4 Å². The second kappa shape index (κ2) is 14.4. The monoisotopic (exact) mass is 539 g/mol. The molecule has 0 spiro atoms. The maximum Gasteiger partial charge on any atom is 0.203 e. The fourth-order valence-corrected chi connectivity index (χ4v) is 4.75. The Bertz CT molecular complexity index is 922. The maximum atomic E-state index is 6.25. The number of nitrogens with two attached hydrogens (primary N) is 1. The molecule has 2 aromatic rings. The van der Waals surface area contributed by atoms with Crippen molar-refractivity contribution in [2.75, 3.05) is 71.3 Å². The van der Waals surface area contributed by atoms with Gasteiger partial charge >= 0.3 is 0 Å². The molecule has 2 aliphatic heterocycles. The predicted octanol–water partition coefficient (Wildman–Crippen LogP) is 1.32. The number of fused-ring (bicyclic) bond motifs is 1. The van der Waals surface area contributed by atoms with Crippen molar-refractivity contribution in [2.45, 2.75) is 44.0 Å². The number of pyridine rings is 1. The number of nitrogens with zero attached hydrogens (tertiary/aromatic N) is 3. The number of anilines is 1. The highest BCUT2D eigenvalue weighted by Gasteiger charge is 2.52. The Morgan fingerprint density at radius 3 is 2.32 bits per heavy atom. The summed E-state index contributed by atoms with van der Waals surface area (Å²) in [7, 11) is 0. The van der Waals surface area contributed by atoms with Crippen LogP contribution in [-0.4, -0.2) is 110 Å². The van der Waals surface area contributed by atoms with E-state index in [0.717, 1.165) is 5.56 Å². The van der Waals surface area contributed by atoms with Crippen molar-refractivity contribution in [1.82, 2.24) is 14.3 Å². The van der Waals surface area contributed by atoms with Crippen molar-refractivity contribution < 1.29 is 33.2 Å². The van der Waals surface area contributed by atoms with E-state index in [-0.39, 0.29) is 24.4 Å². The minimum absolute atomic E-state index is 0.134. The van der Waals surface area contributed by atoms with Crippen LogP contribution in [0, 0.1) is 0 Å². The van der Waals surface area contributed by atoms with Gasteiger partial charge in [0.15, 0.2) is 11.6 Å². The summed E-state index contributed by atoms with van der Waals surface area (Å²) in [6, 6.07) is 3.63. The summed E-state index contributed by atoms with van der Waals surface area (Å²) in [6.45, 7) is 8.70. The van der Waals surface area contributed by atoms with E-state index < -0.39 is 5.79 Å². The van der Waals surface area contributed by atoms with E-state index in [2.05, 4.69) is 19.7 Å². The van der Waals surface area contributed by atoms with Gasteiger partial charge in [0.05, 0.1) is 65.5 Å². The molecule has 2 saturated heterocycles. The van der Waals surface area contributed by atoms with Crippen molar-refractivity contribution >= 4 is 16.7 Å². The molecule has 2 aliphatic rings. The van der Waals surface area contributed by atoms with Gasteiger partial charge in [-0.05, 0) is 26.0 Å². The minimum Gasteiger partial charge on any atom is -0.378 e. The molecule has 37 heavy (non-hydrogen) atoms. The predicted molar refractivity (Wildman–Crippen MR) is 136 cm³/mol. The first kappa shape index (κ1) is 28.2. The van der Waals surface area contributed by atoms with Gasteiger partial charge in [-0.25, -0.2) is 0 Å². The molecule has 3 N–H and O–H groups in total. The summed E-state index contributed by atoms with van der Waals surface area (Å²) in [5.41, 5.74) is 6.28. The molecule has 0 bridgehead atoms. The van der Waals surface area contributed by atoms with Gasteiger partial charge in [-0.15, -0.1) is 0 Å². The first-order valence-electron chi connectivity index (χ1n) is 12.5. The lowest BCUT2D eigenvalue weighted by Crippen LogP contribution is -2.55. The third-order valence-corrected chi connectivity index (χ3v) is 6.40. The van der Waals surface area contributed by atoms with Crippen molar-refractivity contribution in [3.05, 3.63) is 24.5 Å². The number of nitrogens with one attached hydrogen (secondary N) is 1. The SMILES string of the molecule is CC1(C)O[C@@H]2[C@H](O1)[C@@H](Nc1nc(-c3ccncc3)ns1)CO[C@@H]2COCCOCCOCCOCCN. The number of rotatable bonds is 16. The zero-order valence-corrected chi connectivity index (χ0v) is 22.2. The lowest BCUT2D eigenvalue weighted by molar-refractivity contribution is -0.160. The Morgan fingerprint density at radius 2 is 1.62 bits per heavy atom. The van der Waals surface area contributed by atoms with Gasteiger partial charge in [0.25, 0.3) is 0 Å². The van der Waals surface area contributed by atoms with Gasteiger partial charge in [-0.3, -0.25) is 4.98 Å². The molecule has 4 heterocycles. The minimum atomic E-state index is -0.719. The van der Waals surface area contributed by atoms with Crippen molar-refractivity contribution in [3.8, 4) is 11.4 Å². The first-order chi connectivity index (χ1) is 18.1. The molecule has 0 radical (unpaired) electrons. The Kier molecular flexibility index (Phi) is 11.0. The highest BCUT2D eigenvalue weighted by Crippen LogP contribution is 2.37. The van der Waals surface area contributed by atoms with Crippen LogP contribution in [-0.2, 0) is 33.2 Å². The van der Waals surface area contributed by atoms with Crippen LogP contribution in [0.2, 0.25) is 0 Å². The van der Waals surface area contributed by atoms with E-state index in [0.29, 0.717) is 77.0 Å². The average molecular weight is 540 g/mol. The summed E-state index contributed by atoms with van der Waals surface area (Å²) in [5, 5.41) is 4.13. The second-order valence-electron chi connectivity index (χ2n) is 9.05. The largest absolute Gasteiger partial charge is 0.378 e. The third kappa shape index (κ3) is 8.60. The van der Waals surface area contributed by atoms with E-state index in [4.69, 9.17) is 38.9 Å². The van der Waals surface area contributed by atoms with Gasteiger partial charge in [0, 0.05) is 36.0 Å². The summed E-state index contributed by atoms with van der Waals surface area (Å²) in [4.78, 5) is 8.66. The summed E-state index contributed by atoms with van der Waals surface area (Å²) >= 11 is 1.30. The molecule has 2 aromatic heterocycles. The van der Waals surface area contributed by atoms with E-state index in [9.17, 15) is 0 Å². The topological polar surface area (TPSA) is 141 Å². The molecular weight excluding hydrogens is 502 g/mol. The highest BCUT2D eigenvalue weighted by atomic mass is 32.1. The molecule has 2 fully saturated rings. The number of hydrogen-bond acceptors (Lipinski definition) is 13. The van der Waals surface area contributed by atoms with Crippen LogP contribution < -0.4 is 11.1 Å². The number of aromatic nitrogens is 3. The van der Waals surface area contributed by atoms with Gasteiger partial charge < -0.3 is 44.2 Å². The Morgan fingerprint density at radius 1 is 0.973 bits per heavy atom. The zero-order valence-electron chi connectivity index (χ0n) is 21.4. The maximum absolute atomic E-state index is 6.25. The van der Waals surface area contributed by atoms with Crippen LogP contribution in [0.15, 0.2) is 24.5 Å². The lowest BCUT2D eigenvalue weighted by Gasteiger charge is -2.37. The molecule has 0 saturated carbocycles. The van der Waals surface area contributed by atoms with Crippen LogP contribution >= 0.6 is 11.5 Å². The third-order valence-electron chi connectivity index (χ3n) is 5.75. The van der Waals surface area contributed by atoms with Gasteiger partial charge in [-0.2, -0.15) is 9.36 Å². The molecule has 206 valence electrons. The Balaban J connectivity index is 1.17. The number of ether oxygens (including phenoxy) is 7. The summed E-state index contributed by atoms with van der Waals surface area (Å²) in [5.74, 6) is -0.0630. The zero-order chi connectivity index (χ0) is 25.9. The van der Waals surface area contributed by atoms with Crippen molar-refractivity contribution in [2.24, 2.45) is 5.73 Å². The highest BCUT2D eigenvalue weighted by molar-refractivity contribution is 7.09. The molecule has 13 heteroatoms. The molecule has 0 aromatic carbocycles. The van der Waals surface area contributed by atoms with Crippen molar-refractivity contribution in [1.29, 1.82) is 0 Å². The van der Waals surface area contributed by atoms with E-state index in [1.807, 2.05) is 26.0 Å². The normalized spacial score (nSPS) is 24.7. The molecule has 0 amide bonds. The lowest BCUT2D eigenvalue weighted by atomic mass is 9.98. The van der Waals surface area contributed by atoms with Crippen LogP contribution in [0.5, 0.6) is 0 Å². The van der Waals surface area contributed by atoms with Gasteiger partial charge in [0.2, 0.25) is 5.13 Å². The van der Waals surface area contributed by atoms with Crippen molar-refractivity contribution in [3.63, 3.8) is 0 Å². The quantitative estimate of drug-likeness (QED) is 0.297. The van der Waals surface area contributed by atoms with Crippen LogP contribution in [0.1, 0.15) is 13.8 Å². The van der Waals surface area contributed by atoms with E-state index >= 15 is 0 Å². The van der Waals surface area contributed by atoms with Gasteiger partial charge in [-0.1, -0.05) is 0 Å². The molecule has 12 nitrogen and oxygen atoms in total. The smallest absolute Gasteiger partial charge is 0.203 e. The first-order valence-corrected chi connectivity index (χ1v) is 13.3. The summed E-state index contributed by atoms with van der Waals surface area (Å²) < 4.78 is 45.1. The Hall–Kier alpha value is -1.81. The molecular formula is C24H37N5O7S. The standard InChI is InChI=1S/C24H37N5O7S/c1-24(2)35-20-18(27-23-28-22(29-37-23)17-3-6-26-7-4-17)15-34-19(21(20)36-24)16-33-14-13-32-12-11-31-10-9-30-8-5-25/h3-4,6-7,18-21H,5,8-16,25H2,1-2H3,(H,27,28,29)/t18-,19+,20+,21-/m0/s1. The second-order valence-corrected chi connectivity index (χ2v) is 9.80.